The van der Waals surface area contributed by atoms with Crippen LogP contribution in [0.1, 0.15) is 30.8 Å². The van der Waals surface area contributed by atoms with Gasteiger partial charge in [-0.2, -0.15) is 5.10 Å². The van der Waals surface area contributed by atoms with Gasteiger partial charge in [-0.15, -0.1) is 0 Å². The highest BCUT2D eigenvalue weighted by Gasteiger charge is 2.10. The highest BCUT2D eigenvalue weighted by molar-refractivity contribution is 5.93. The highest BCUT2D eigenvalue weighted by Crippen LogP contribution is 2.21. The first-order valence-electron chi connectivity index (χ1n) is 7.70. The second-order valence-corrected chi connectivity index (χ2v) is 5.42. The molecule has 2 aromatic rings. The summed E-state index contributed by atoms with van der Waals surface area (Å²) in [6.45, 7) is 5.19. The van der Waals surface area contributed by atoms with Crippen LogP contribution in [-0.2, 0) is 4.74 Å². The topological polar surface area (TPSA) is 76.2 Å². The van der Waals surface area contributed by atoms with E-state index in [-0.39, 0.29) is 12.0 Å². The summed E-state index contributed by atoms with van der Waals surface area (Å²) in [4.78, 5) is 12.0. The van der Waals surface area contributed by atoms with Crippen LogP contribution in [-0.4, -0.2) is 42.5 Å². The van der Waals surface area contributed by atoms with Crippen molar-refractivity contribution in [3.63, 3.8) is 0 Å². The molecule has 0 radical (unpaired) electrons. The molecule has 0 aliphatic rings. The van der Waals surface area contributed by atoms with Crippen molar-refractivity contribution in [3.05, 3.63) is 36.0 Å². The molecule has 23 heavy (non-hydrogen) atoms. The van der Waals surface area contributed by atoms with Gasteiger partial charge in [-0.25, -0.2) is 0 Å². The van der Waals surface area contributed by atoms with E-state index in [0.717, 1.165) is 23.4 Å². The van der Waals surface area contributed by atoms with E-state index in [1.165, 1.54) is 0 Å². The molecule has 0 saturated carbocycles. The molecule has 2 N–H and O–H groups in total. The van der Waals surface area contributed by atoms with Crippen LogP contribution in [0, 0.1) is 0 Å². The number of carbonyl (C=O) groups is 1. The summed E-state index contributed by atoms with van der Waals surface area (Å²) in [5.74, 6) is 0.618. The first-order valence-corrected chi connectivity index (χ1v) is 7.70. The molecule has 0 unspecified atom stereocenters. The van der Waals surface area contributed by atoms with Gasteiger partial charge in [-0.1, -0.05) is 0 Å². The number of hydrogen-bond donors (Lipinski definition) is 2. The number of methoxy groups -OCH3 is 1. The zero-order valence-corrected chi connectivity index (χ0v) is 13.8. The van der Waals surface area contributed by atoms with E-state index in [1.54, 1.807) is 13.2 Å². The lowest BCUT2D eigenvalue weighted by Gasteiger charge is -2.07. The molecule has 0 saturated heterocycles. The van der Waals surface area contributed by atoms with Crippen molar-refractivity contribution in [2.24, 2.45) is 0 Å². The average molecular weight is 317 g/mol. The molecule has 0 fully saturated rings. The first kappa shape index (κ1) is 17.0. The number of hydrogen-bond acceptors (Lipinski definition) is 4. The monoisotopic (exact) mass is 317 g/mol. The molecular weight excluding hydrogens is 294 g/mol. The van der Waals surface area contributed by atoms with E-state index < -0.39 is 0 Å². The molecule has 0 aliphatic heterocycles. The lowest BCUT2D eigenvalue weighted by molar-refractivity contribution is 0.0756. The third kappa shape index (κ3) is 5.10. The molecule has 1 aromatic carbocycles. The minimum atomic E-state index is -0.165. The van der Waals surface area contributed by atoms with Crippen molar-refractivity contribution in [1.29, 1.82) is 0 Å². The smallest absolute Gasteiger partial charge is 0.269 e. The lowest BCUT2D eigenvalue weighted by atomic mass is 10.1. The summed E-state index contributed by atoms with van der Waals surface area (Å²) < 4.78 is 10.6. The van der Waals surface area contributed by atoms with Gasteiger partial charge in [0, 0.05) is 18.7 Å². The number of nitrogens with one attached hydrogen (secondary N) is 2. The van der Waals surface area contributed by atoms with Gasteiger partial charge in [0.25, 0.3) is 5.91 Å². The van der Waals surface area contributed by atoms with Gasteiger partial charge in [0.1, 0.15) is 11.4 Å². The fourth-order valence-corrected chi connectivity index (χ4v) is 2.04. The summed E-state index contributed by atoms with van der Waals surface area (Å²) in [6, 6.07) is 9.26. The SMILES string of the molecule is COc1ccc(-c2cc(C(=O)NCCCOC(C)C)[nH]n2)cc1. The minimum Gasteiger partial charge on any atom is -0.497 e. The van der Waals surface area contributed by atoms with Crippen LogP contribution in [0.3, 0.4) is 0 Å². The number of ether oxygens (including phenoxy) is 2. The Labute approximate surface area is 136 Å². The Morgan fingerprint density at radius 3 is 2.70 bits per heavy atom. The molecule has 6 nitrogen and oxygen atoms in total. The Hall–Kier alpha value is -2.34. The Morgan fingerprint density at radius 2 is 2.04 bits per heavy atom. The van der Waals surface area contributed by atoms with Crippen molar-refractivity contribution in [1.82, 2.24) is 15.5 Å². The van der Waals surface area contributed by atoms with Crippen LogP contribution < -0.4 is 10.1 Å². The van der Waals surface area contributed by atoms with Crippen LogP contribution in [0.15, 0.2) is 30.3 Å². The van der Waals surface area contributed by atoms with Crippen LogP contribution in [0.4, 0.5) is 0 Å². The fourth-order valence-electron chi connectivity index (χ4n) is 2.04. The number of H-pyrrole nitrogens is 1. The quantitative estimate of drug-likeness (QED) is 0.734. The number of aromatic nitrogens is 2. The first-order chi connectivity index (χ1) is 11.1. The van der Waals surface area contributed by atoms with E-state index in [0.29, 0.717) is 18.8 Å². The van der Waals surface area contributed by atoms with Crippen molar-refractivity contribution in [2.45, 2.75) is 26.4 Å². The zero-order valence-electron chi connectivity index (χ0n) is 13.8. The maximum absolute atomic E-state index is 12.0. The second kappa shape index (κ2) is 8.33. The molecule has 1 aromatic heterocycles. The number of aromatic amines is 1. The van der Waals surface area contributed by atoms with Crippen molar-refractivity contribution >= 4 is 5.91 Å². The molecule has 1 amide bonds. The normalized spacial score (nSPS) is 10.8. The third-order valence-electron chi connectivity index (χ3n) is 3.27. The molecule has 0 atom stereocenters. The lowest BCUT2D eigenvalue weighted by Crippen LogP contribution is -2.25. The highest BCUT2D eigenvalue weighted by atomic mass is 16.5. The van der Waals surface area contributed by atoms with E-state index in [9.17, 15) is 4.79 Å². The average Bonchev–Trinajstić information content (AvgIpc) is 3.04. The maximum atomic E-state index is 12.0. The zero-order chi connectivity index (χ0) is 16.7. The second-order valence-electron chi connectivity index (χ2n) is 5.42. The van der Waals surface area contributed by atoms with Crippen molar-refractivity contribution < 1.29 is 14.3 Å². The number of nitrogens with zero attached hydrogens (tertiary/aromatic N) is 1. The summed E-state index contributed by atoms with van der Waals surface area (Å²) in [5.41, 5.74) is 2.09. The molecular formula is C17H23N3O3. The predicted octanol–water partition coefficient (Wildman–Crippen LogP) is 2.63. The minimum absolute atomic E-state index is 0.165. The molecule has 124 valence electrons. The van der Waals surface area contributed by atoms with Gasteiger partial charge in [0.05, 0.1) is 18.9 Å². The van der Waals surface area contributed by atoms with Gasteiger partial charge in [0.15, 0.2) is 0 Å². The summed E-state index contributed by atoms with van der Waals surface area (Å²) >= 11 is 0. The van der Waals surface area contributed by atoms with Gasteiger partial charge in [-0.05, 0) is 50.6 Å². The Balaban J connectivity index is 1.86. The summed E-state index contributed by atoms with van der Waals surface area (Å²) in [7, 11) is 1.62. The van der Waals surface area contributed by atoms with Gasteiger partial charge in [0.2, 0.25) is 0 Å². The summed E-state index contributed by atoms with van der Waals surface area (Å²) in [5, 5.41) is 9.79. The van der Waals surface area contributed by atoms with Crippen LogP contribution in [0.25, 0.3) is 11.3 Å². The summed E-state index contributed by atoms with van der Waals surface area (Å²) in [6.07, 6.45) is 0.994. The molecule has 2 rings (SSSR count). The predicted molar refractivity (Wildman–Crippen MR) is 88.6 cm³/mol. The fraction of sp³-hybridized carbons (Fsp3) is 0.412. The number of benzene rings is 1. The largest absolute Gasteiger partial charge is 0.497 e. The van der Waals surface area contributed by atoms with Gasteiger partial charge >= 0.3 is 0 Å². The molecule has 6 heteroatoms. The number of amides is 1. The Bertz CT molecular complexity index is 620. The standard InChI is InChI=1S/C17H23N3O3/c1-12(2)23-10-4-9-18-17(21)16-11-15(19-20-16)13-5-7-14(22-3)8-6-13/h5-8,11-12H,4,9-10H2,1-3H3,(H,18,21)(H,19,20). The van der Waals surface area contributed by atoms with Crippen LogP contribution in [0.5, 0.6) is 5.75 Å². The van der Waals surface area contributed by atoms with Crippen LogP contribution >= 0.6 is 0 Å². The maximum Gasteiger partial charge on any atom is 0.269 e. The Kier molecular flexibility index (Phi) is 6.17. The van der Waals surface area contributed by atoms with E-state index in [1.807, 2.05) is 38.1 Å². The number of carbonyl (C=O) groups excluding carboxylic acids is 1. The Morgan fingerprint density at radius 1 is 1.30 bits per heavy atom. The van der Waals surface area contributed by atoms with Crippen molar-refractivity contribution in [2.75, 3.05) is 20.3 Å². The van der Waals surface area contributed by atoms with E-state index in [4.69, 9.17) is 9.47 Å². The molecule has 0 spiro atoms. The molecule has 1 heterocycles. The number of rotatable bonds is 8. The molecule has 0 aliphatic carbocycles. The molecule has 0 bridgehead atoms. The third-order valence-corrected chi connectivity index (χ3v) is 3.27. The van der Waals surface area contributed by atoms with Crippen LogP contribution in [0.2, 0.25) is 0 Å². The van der Waals surface area contributed by atoms with Gasteiger partial charge < -0.3 is 14.8 Å². The van der Waals surface area contributed by atoms with Crippen molar-refractivity contribution in [3.8, 4) is 17.0 Å². The van der Waals surface area contributed by atoms with Gasteiger partial charge in [-0.3, -0.25) is 9.89 Å². The van der Waals surface area contributed by atoms with E-state index >= 15 is 0 Å². The van der Waals surface area contributed by atoms with E-state index in [2.05, 4.69) is 15.5 Å².